The molecule has 0 aromatic heterocycles. The summed E-state index contributed by atoms with van der Waals surface area (Å²) in [6.07, 6.45) is 2.47. The molecule has 0 spiro atoms. The van der Waals surface area contributed by atoms with Crippen molar-refractivity contribution in [2.24, 2.45) is 5.92 Å². The van der Waals surface area contributed by atoms with Crippen LogP contribution in [0.1, 0.15) is 45.2 Å². The Morgan fingerprint density at radius 2 is 2.05 bits per heavy atom. The van der Waals surface area contributed by atoms with Crippen molar-refractivity contribution in [1.29, 1.82) is 0 Å². The smallest absolute Gasteiger partial charge is 0.159 e. The first-order chi connectivity index (χ1) is 10.0. The van der Waals surface area contributed by atoms with Crippen LogP contribution in [0.3, 0.4) is 0 Å². The number of piperidine rings is 1. The molecular weight excluding hydrogens is 270 g/mol. The van der Waals surface area contributed by atoms with Crippen molar-refractivity contribution in [3.63, 3.8) is 0 Å². The summed E-state index contributed by atoms with van der Waals surface area (Å²) in [4.78, 5) is 2.48. The van der Waals surface area contributed by atoms with Crippen LogP contribution in [0.25, 0.3) is 0 Å². The topological polar surface area (TPSA) is 15.3 Å². The number of hydrogen-bond donors (Lipinski definition) is 1. The molecule has 0 bridgehead atoms. The van der Waals surface area contributed by atoms with Gasteiger partial charge in [-0.05, 0) is 63.4 Å². The van der Waals surface area contributed by atoms with Gasteiger partial charge in [-0.3, -0.25) is 0 Å². The van der Waals surface area contributed by atoms with E-state index in [2.05, 4.69) is 24.1 Å². The second-order valence-corrected chi connectivity index (χ2v) is 6.15. The third-order valence-electron chi connectivity index (χ3n) is 4.65. The molecule has 0 radical (unpaired) electrons. The largest absolute Gasteiger partial charge is 0.307 e. The van der Waals surface area contributed by atoms with Gasteiger partial charge in [0.1, 0.15) is 0 Å². The van der Waals surface area contributed by atoms with Gasteiger partial charge in [-0.1, -0.05) is 13.0 Å². The number of nitrogens with one attached hydrogen (secondary N) is 1. The first kappa shape index (κ1) is 16.4. The number of benzene rings is 1. The van der Waals surface area contributed by atoms with Crippen LogP contribution in [0.5, 0.6) is 0 Å². The Balaban J connectivity index is 1.94. The molecule has 1 aromatic rings. The number of nitrogens with zero attached hydrogens (tertiary/aromatic N) is 1. The normalized spacial score (nSPS) is 23.0. The maximum atomic E-state index is 13.3. The maximum Gasteiger partial charge on any atom is 0.159 e. The summed E-state index contributed by atoms with van der Waals surface area (Å²) in [6, 6.07) is 4.53. The van der Waals surface area contributed by atoms with E-state index in [9.17, 15) is 8.78 Å². The van der Waals surface area contributed by atoms with Gasteiger partial charge in [-0.15, -0.1) is 0 Å². The molecular formula is C17H26F2N2. The molecule has 2 nitrogen and oxygen atoms in total. The van der Waals surface area contributed by atoms with Crippen molar-refractivity contribution in [1.82, 2.24) is 10.2 Å². The van der Waals surface area contributed by atoms with E-state index in [1.54, 1.807) is 6.07 Å². The molecule has 0 saturated carbocycles. The van der Waals surface area contributed by atoms with Crippen molar-refractivity contribution < 1.29 is 8.78 Å². The molecule has 21 heavy (non-hydrogen) atoms. The molecule has 1 aliphatic rings. The Morgan fingerprint density at radius 3 is 2.71 bits per heavy atom. The minimum absolute atomic E-state index is 0.0205. The van der Waals surface area contributed by atoms with E-state index in [0.29, 0.717) is 12.0 Å². The standard InChI is InChI=1S/C17H26F2N2/c1-4-21-9-5-6-15(11-21)13(3)20-12(2)14-7-8-16(18)17(19)10-14/h7-8,10,12-13,15,20H,4-6,9,11H2,1-3H3. The summed E-state index contributed by atoms with van der Waals surface area (Å²) >= 11 is 0. The average molecular weight is 296 g/mol. The van der Waals surface area contributed by atoms with E-state index >= 15 is 0 Å². The third-order valence-corrected chi connectivity index (χ3v) is 4.65. The molecule has 4 heteroatoms. The molecule has 0 amide bonds. The fourth-order valence-corrected chi connectivity index (χ4v) is 3.19. The van der Waals surface area contributed by atoms with Crippen LogP contribution in [-0.4, -0.2) is 30.6 Å². The Kier molecular flexibility index (Phi) is 5.71. The second kappa shape index (κ2) is 7.32. The molecule has 2 rings (SSSR count). The number of likely N-dealkylation sites (tertiary alicyclic amines) is 1. The lowest BCUT2D eigenvalue weighted by molar-refractivity contribution is 0.153. The van der Waals surface area contributed by atoms with E-state index in [0.717, 1.165) is 18.7 Å². The molecule has 1 heterocycles. The average Bonchev–Trinajstić information content (AvgIpc) is 2.49. The Labute approximate surface area is 126 Å². The molecule has 0 aliphatic carbocycles. The highest BCUT2D eigenvalue weighted by Crippen LogP contribution is 2.23. The Hall–Kier alpha value is -1.00. The molecule has 1 N–H and O–H groups in total. The third kappa shape index (κ3) is 4.24. The second-order valence-electron chi connectivity index (χ2n) is 6.15. The van der Waals surface area contributed by atoms with Gasteiger partial charge in [0.25, 0.3) is 0 Å². The lowest BCUT2D eigenvalue weighted by Gasteiger charge is -2.36. The van der Waals surface area contributed by atoms with Crippen molar-refractivity contribution in [2.75, 3.05) is 19.6 Å². The first-order valence-electron chi connectivity index (χ1n) is 7.94. The highest BCUT2D eigenvalue weighted by molar-refractivity contribution is 5.20. The van der Waals surface area contributed by atoms with Crippen molar-refractivity contribution in [3.05, 3.63) is 35.4 Å². The molecule has 1 saturated heterocycles. The van der Waals surface area contributed by atoms with Gasteiger partial charge in [0.05, 0.1) is 0 Å². The van der Waals surface area contributed by atoms with Gasteiger partial charge >= 0.3 is 0 Å². The van der Waals surface area contributed by atoms with Gasteiger partial charge < -0.3 is 10.2 Å². The van der Waals surface area contributed by atoms with Crippen LogP contribution in [-0.2, 0) is 0 Å². The lowest BCUT2D eigenvalue weighted by atomic mass is 9.90. The monoisotopic (exact) mass is 296 g/mol. The minimum atomic E-state index is -0.787. The van der Waals surface area contributed by atoms with Crippen molar-refractivity contribution in [2.45, 2.75) is 45.7 Å². The number of rotatable bonds is 5. The Bertz CT molecular complexity index is 464. The van der Waals surface area contributed by atoms with Gasteiger partial charge in [0, 0.05) is 18.6 Å². The molecule has 3 atom stereocenters. The fraction of sp³-hybridized carbons (Fsp3) is 0.647. The van der Waals surface area contributed by atoms with Crippen molar-refractivity contribution >= 4 is 0 Å². The summed E-state index contributed by atoms with van der Waals surface area (Å²) in [6.45, 7) is 9.81. The summed E-state index contributed by atoms with van der Waals surface area (Å²) < 4.78 is 26.3. The summed E-state index contributed by atoms with van der Waals surface area (Å²) in [5.41, 5.74) is 0.795. The predicted molar refractivity (Wildman–Crippen MR) is 82.2 cm³/mol. The van der Waals surface area contributed by atoms with E-state index in [4.69, 9.17) is 0 Å². The van der Waals surface area contributed by atoms with Crippen LogP contribution in [0.2, 0.25) is 0 Å². The van der Waals surface area contributed by atoms with E-state index in [1.807, 2.05) is 6.92 Å². The van der Waals surface area contributed by atoms with Crippen molar-refractivity contribution in [3.8, 4) is 0 Å². The van der Waals surface area contributed by atoms with Gasteiger partial charge in [-0.2, -0.15) is 0 Å². The zero-order chi connectivity index (χ0) is 15.4. The number of hydrogen-bond acceptors (Lipinski definition) is 2. The van der Waals surface area contributed by atoms with Gasteiger partial charge in [-0.25, -0.2) is 8.78 Å². The predicted octanol–water partition coefficient (Wildman–Crippen LogP) is 3.74. The van der Waals surface area contributed by atoms with E-state index in [1.165, 1.54) is 31.5 Å². The van der Waals surface area contributed by atoms with Crippen LogP contribution in [0.15, 0.2) is 18.2 Å². The van der Waals surface area contributed by atoms with Crippen LogP contribution in [0.4, 0.5) is 8.78 Å². The quantitative estimate of drug-likeness (QED) is 0.890. The van der Waals surface area contributed by atoms with Crippen LogP contribution in [0, 0.1) is 17.6 Å². The Morgan fingerprint density at radius 1 is 1.29 bits per heavy atom. The van der Waals surface area contributed by atoms with E-state index < -0.39 is 11.6 Å². The molecule has 3 unspecified atom stereocenters. The molecule has 1 fully saturated rings. The van der Waals surface area contributed by atoms with Crippen LogP contribution >= 0.6 is 0 Å². The summed E-state index contributed by atoms with van der Waals surface area (Å²) in [5.74, 6) is -0.945. The first-order valence-corrected chi connectivity index (χ1v) is 7.94. The summed E-state index contributed by atoms with van der Waals surface area (Å²) in [5, 5.41) is 3.54. The zero-order valence-electron chi connectivity index (χ0n) is 13.2. The molecule has 1 aliphatic heterocycles. The summed E-state index contributed by atoms with van der Waals surface area (Å²) in [7, 11) is 0. The fourth-order valence-electron chi connectivity index (χ4n) is 3.19. The SMILES string of the molecule is CCN1CCCC(C(C)NC(C)c2ccc(F)c(F)c2)C1. The minimum Gasteiger partial charge on any atom is -0.307 e. The highest BCUT2D eigenvalue weighted by Gasteiger charge is 2.25. The zero-order valence-corrected chi connectivity index (χ0v) is 13.2. The molecule has 118 valence electrons. The maximum absolute atomic E-state index is 13.3. The van der Waals surface area contributed by atoms with Crippen LogP contribution < -0.4 is 5.32 Å². The van der Waals surface area contributed by atoms with E-state index in [-0.39, 0.29) is 6.04 Å². The van der Waals surface area contributed by atoms with Gasteiger partial charge in [0.2, 0.25) is 0 Å². The lowest BCUT2D eigenvalue weighted by Crippen LogP contribution is -2.44. The highest BCUT2D eigenvalue weighted by atomic mass is 19.2. The number of halogens is 2. The molecule has 1 aromatic carbocycles. The van der Waals surface area contributed by atoms with Gasteiger partial charge in [0.15, 0.2) is 11.6 Å².